The molecular formula is C23H38IN3O3. The largest absolute Gasteiger partial charge is 0.381 e. The number of hydrogen-bond donors (Lipinski definition) is 2. The second kappa shape index (κ2) is 14.2. The number of halogens is 1. The van der Waals surface area contributed by atoms with Crippen molar-refractivity contribution < 1.29 is 14.2 Å². The fraction of sp³-hybridized carbons (Fsp3) is 0.696. The van der Waals surface area contributed by atoms with Crippen LogP contribution in [-0.2, 0) is 14.2 Å². The van der Waals surface area contributed by atoms with Gasteiger partial charge in [0.2, 0.25) is 0 Å². The van der Waals surface area contributed by atoms with Crippen LogP contribution in [0.2, 0.25) is 0 Å². The van der Waals surface area contributed by atoms with Crippen LogP contribution in [0, 0.1) is 18.8 Å². The molecule has 0 amide bonds. The van der Waals surface area contributed by atoms with E-state index in [0.29, 0.717) is 11.8 Å². The van der Waals surface area contributed by atoms with Gasteiger partial charge in [0.15, 0.2) is 5.96 Å². The van der Waals surface area contributed by atoms with Crippen molar-refractivity contribution >= 4 is 29.9 Å². The molecule has 2 aliphatic rings. The van der Waals surface area contributed by atoms with E-state index in [2.05, 4.69) is 46.8 Å². The molecule has 2 heterocycles. The molecular weight excluding hydrogens is 493 g/mol. The highest BCUT2D eigenvalue weighted by molar-refractivity contribution is 14.0. The molecule has 2 aliphatic heterocycles. The van der Waals surface area contributed by atoms with Crippen molar-refractivity contribution in [3.05, 3.63) is 35.4 Å². The maximum atomic E-state index is 6.12. The fourth-order valence-electron chi connectivity index (χ4n) is 3.97. The zero-order valence-corrected chi connectivity index (χ0v) is 20.7. The molecule has 0 saturated carbocycles. The van der Waals surface area contributed by atoms with Crippen molar-refractivity contribution in [1.29, 1.82) is 0 Å². The van der Waals surface area contributed by atoms with Crippen LogP contribution in [0.1, 0.15) is 42.9 Å². The average Bonchev–Trinajstić information content (AvgIpc) is 3.27. The summed E-state index contributed by atoms with van der Waals surface area (Å²) >= 11 is 0. The lowest BCUT2D eigenvalue weighted by atomic mass is 9.89. The van der Waals surface area contributed by atoms with E-state index in [9.17, 15) is 0 Å². The Bertz CT molecular complexity index is 621. The summed E-state index contributed by atoms with van der Waals surface area (Å²) in [6, 6.07) is 8.73. The van der Waals surface area contributed by atoms with Crippen molar-refractivity contribution in [2.24, 2.45) is 16.8 Å². The monoisotopic (exact) mass is 531 g/mol. The summed E-state index contributed by atoms with van der Waals surface area (Å²) in [7, 11) is 1.82. The van der Waals surface area contributed by atoms with Crippen LogP contribution in [0.3, 0.4) is 0 Å². The van der Waals surface area contributed by atoms with Gasteiger partial charge in [0, 0.05) is 51.8 Å². The first kappa shape index (κ1) is 25.4. The Labute approximate surface area is 198 Å². The topological polar surface area (TPSA) is 64.1 Å². The number of rotatable bonds is 9. The van der Waals surface area contributed by atoms with Gasteiger partial charge < -0.3 is 24.8 Å². The zero-order chi connectivity index (χ0) is 20.3. The Morgan fingerprint density at radius 3 is 2.73 bits per heavy atom. The Morgan fingerprint density at radius 2 is 2.00 bits per heavy atom. The molecule has 0 bridgehead atoms. The van der Waals surface area contributed by atoms with Crippen molar-refractivity contribution in [2.45, 2.75) is 38.7 Å². The molecule has 2 saturated heterocycles. The van der Waals surface area contributed by atoms with Crippen molar-refractivity contribution in [1.82, 2.24) is 10.6 Å². The van der Waals surface area contributed by atoms with Gasteiger partial charge >= 0.3 is 0 Å². The molecule has 3 atom stereocenters. The van der Waals surface area contributed by atoms with Crippen molar-refractivity contribution in [3.63, 3.8) is 0 Å². The first-order valence-electron chi connectivity index (χ1n) is 11.0. The van der Waals surface area contributed by atoms with Gasteiger partial charge in [-0.15, -0.1) is 24.0 Å². The first-order chi connectivity index (χ1) is 14.3. The summed E-state index contributed by atoms with van der Waals surface area (Å²) in [5.41, 5.74) is 2.55. The Balaban J connectivity index is 0.00000320. The Kier molecular flexibility index (Phi) is 12.0. The highest BCUT2D eigenvalue weighted by Gasteiger charge is 2.27. The molecule has 3 unspecified atom stereocenters. The molecule has 6 nitrogen and oxygen atoms in total. The highest BCUT2D eigenvalue weighted by Crippen LogP contribution is 2.33. The maximum Gasteiger partial charge on any atom is 0.190 e. The predicted octanol–water partition coefficient (Wildman–Crippen LogP) is 3.69. The Hall–Kier alpha value is -0.900. The first-order valence-corrected chi connectivity index (χ1v) is 11.0. The number of hydrogen-bond acceptors (Lipinski definition) is 4. The number of aryl methyl sites for hydroxylation is 1. The summed E-state index contributed by atoms with van der Waals surface area (Å²) < 4.78 is 17.3. The third-order valence-corrected chi connectivity index (χ3v) is 5.74. The maximum absolute atomic E-state index is 6.12. The van der Waals surface area contributed by atoms with Crippen LogP contribution in [0.25, 0.3) is 0 Å². The van der Waals surface area contributed by atoms with Crippen LogP contribution >= 0.6 is 24.0 Å². The minimum Gasteiger partial charge on any atom is -0.381 e. The van der Waals surface area contributed by atoms with Crippen LogP contribution < -0.4 is 10.6 Å². The SMILES string of the molecule is CN=C(NCCCOCC1CCOC1)NCC1CCCOC1c1ccc(C)cc1.I. The van der Waals surface area contributed by atoms with Gasteiger partial charge in [-0.1, -0.05) is 29.8 Å². The molecule has 2 N–H and O–H groups in total. The van der Waals surface area contributed by atoms with Crippen LogP contribution in [0.5, 0.6) is 0 Å². The van der Waals surface area contributed by atoms with Gasteiger partial charge in [-0.3, -0.25) is 4.99 Å². The smallest absolute Gasteiger partial charge is 0.190 e. The van der Waals surface area contributed by atoms with Gasteiger partial charge in [0.25, 0.3) is 0 Å². The number of benzene rings is 1. The summed E-state index contributed by atoms with van der Waals surface area (Å²) in [5, 5.41) is 6.88. The van der Waals surface area contributed by atoms with E-state index in [1.165, 1.54) is 17.5 Å². The molecule has 1 aromatic carbocycles. The predicted molar refractivity (Wildman–Crippen MR) is 132 cm³/mol. The van der Waals surface area contributed by atoms with Crippen LogP contribution in [0.15, 0.2) is 29.3 Å². The normalized spacial score (nSPS) is 24.3. The zero-order valence-electron chi connectivity index (χ0n) is 18.4. The van der Waals surface area contributed by atoms with E-state index in [0.717, 1.165) is 71.3 Å². The molecule has 30 heavy (non-hydrogen) atoms. The number of guanidine groups is 1. The van der Waals surface area contributed by atoms with E-state index in [1.807, 2.05) is 7.05 Å². The van der Waals surface area contributed by atoms with Crippen LogP contribution in [0.4, 0.5) is 0 Å². The third kappa shape index (κ3) is 8.32. The summed E-state index contributed by atoms with van der Waals surface area (Å²) in [4.78, 5) is 4.36. The number of aliphatic imine (C=N–C) groups is 1. The van der Waals surface area contributed by atoms with E-state index in [-0.39, 0.29) is 30.1 Å². The van der Waals surface area contributed by atoms with Gasteiger partial charge in [0.1, 0.15) is 0 Å². The molecule has 170 valence electrons. The van der Waals surface area contributed by atoms with Crippen LogP contribution in [-0.4, -0.2) is 59.1 Å². The summed E-state index contributed by atoms with van der Waals surface area (Å²) in [6.07, 6.45) is 4.53. The van der Waals surface area contributed by atoms with Gasteiger partial charge in [-0.25, -0.2) is 0 Å². The lowest BCUT2D eigenvalue weighted by Crippen LogP contribution is -2.42. The second-order valence-electron chi connectivity index (χ2n) is 8.14. The third-order valence-electron chi connectivity index (χ3n) is 5.74. The minimum atomic E-state index is 0. The summed E-state index contributed by atoms with van der Waals surface area (Å²) in [6.45, 7) is 7.99. The quantitative estimate of drug-likeness (QED) is 0.220. The molecule has 2 fully saturated rings. The van der Waals surface area contributed by atoms with Gasteiger partial charge in [0.05, 0.1) is 19.3 Å². The summed E-state index contributed by atoms with van der Waals surface area (Å²) in [5.74, 6) is 1.88. The van der Waals surface area contributed by atoms with Gasteiger partial charge in [-0.05, 0) is 38.2 Å². The molecule has 7 heteroatoms. The van der Waals surface area contributed by atoms with E-state index >= 15 is 0 Å². The molecule has 1 aromatic rings. The van der Waals surface area contributed by atoms with Crippen molar-refractivity contribution in [2.75, 3.05) is 53.2 Å². The number of nitrogens with one attached hydrogen (secondary N) is 2. The highest BCUT2D eigenvalue weighted by atomic mass is 127. The lowest BCUT2D eigenvalue weighted by molar-refractivity contribution is -0.0265. The van der Waals surface area contributed by atoms with E-state index in [4.69, 9.17) is 14.2 Å². The molecule has 3 rings (SSSR count). The van der Waals surface area contributed by atoms with Gasteiger partial charge in [-0.2, -0.15) is 0 Å². The minimum absolute atomic E-state index is 0. The number of ether oxygens (including phenoxy) is 3. The molecule has 0 aliphatic carbocycles. The average molecular weight is 531 g/mol. The second-order valence-corrected chi connectivity index (χ2v) is 8.14. The lowest BCUT2D eigenvalue weighted by Gasteiger charge is -2.32. The standard InChI is InChI=1S/C23H37N3O3.HI/c1-18-6-8-20(9-7-18)22-21(5-3-13-29-22)15-26-23(24-2)25-11-4-12-27-16-19-10-14-28-17-19;/h6-9,19,21-22H,3-5,10-17H2,1-2H3,(H2,24,25,26);1H. The van der Waals surface area contributed by atoms with E-state index in [1.54, 1.807) is 0 Å². The van der Waals surface area contributed by atoms with Crippen molar-refractivity contribution in [3.8, 4) is 0 Å². The molecule has 0 aromatic heterocycles. The van der Waals surface area contributed by atoms with E-state index < -0.39 is 0 Å². The number of nitrogens with zero attached hydrogens (tertiary/aromatic N) is 1. The Morgan fingerprint density at radius 1 is 1.17 bits per heavy atom. The molecule has 0 spiro atoms. The molecule has 0 radical (unpaired) electrons. The fourth-order valence-corrected chi connectivity index (χ4v) is 3.97.